The summed E-state index contributed by atoms with van der Waals surface area (Å²) in [5.41, 5.74) is 1.10. The van der Waals surface area contributed by atoms with E-state index < -0.39 is 12.1 Å². The molecule has 1 aromatic carbocycles. The molecule has 1 aliphatic rings. The minimum Gasteiger partial charge on any atom is -0.329 e. The lowest BCUT2D eigenvalue weighted by Crippen LogP contribution is -2.25. The van der Waals surface area contributed by atoms with Crippen LogP contribution >= 0.6 is 0 Å². The summed E-state index contributed by atoms with van der Waals surface area (Å²) < 4.78 is 41.5. The molecule has 0 N–H and O–H groups in total. The molecular weight excluding hydrogens is 299 g/mol. The van der Waals surface area contributed by atoms with E-state index in [9.17, 15) is 18.0 Å². The van der Waals surface area contributed by atoms with Crippen LogP contribution in [-0.4, -0.2) is 22.6 Å². The number of aromatic nitrogens is 2. The van der Waals surface area contributed by atoms with E-state index in [0.717, 1.165) is 6.42 Å². The third kappa shape index (κ3) is 2.56. The normalized spacial score (nSPS) is 19.0. The summed E-state index contributed by atoms with van der Waals surface area (Å²) >= 11 is 0. The van der Waals surface area contributed by atoms with Gasteiger partial charge >= 0.3 is 12.1 Å². The molecule has 8 heteroatoms. The van der Waals surface area contributed by atoms with Crippen LogP contribution in [-0.2, 0) is 11.0 Å². The SMILES string of the molecule is CC1CCN(c2ccc(-c3noc(C(F)(F)F)n3)cc2)C1=O. The largest absolute Gasteiger partial charge is 0.471 e. The molecule has 0 aliphatic carbocycles. The number of alkyl halides is 3. The molecule has 0 spiro atoms. The van der Waals surface area contributed by atoms with Crippen molar-refractivity contribution in [2.24, 2.45) is 5.92 Å². The predicted molar refractivity (Wildman–Crippen MR) is 70.9 cm³/mol. The monoisotopic (exact) mass is 311 g/mol. The van der Waals surface area contributed by atoms with E-state index in [-0.39, 0.29) is 17.6 Å². The fourth-order valence-corrected chi connectivity index (χ4v) is 2.33. The van der Waals surface area contributed by atoms with Crippen LogP contribution in [0.3, 0.4) is 0 Å². The van der Waals surface area contributed by atoms with Crippen LogP contribution in [0.25, 0.3) is 11.4 Å². The summed E-state index contributed by atoms with van der Waals surface area (Å²) in [6, 6.07) is 6.46. The average Bonchev–Trinajstić information content (AvgIpc) is 3.08. The molecule has 0 radical (unpaired) electrons. The number of rotatable bonds is 2. The summed E-state index contributed by atoms with van der Waals surface area (Å²) in [4.78, 5) is 16.9. The van der Waals surface area contributed by atoms with Crippen LogP contribution in [0.1, 0.15) is 19.2 Å². The Morgan fingerprint density at radius 1 is 1.27 bits per heavy atom. The van der Waals surface area contributed by atoms with E-state index in [2.05, 4.69) is 14.7 Å². The van der Waals surface area contributed by atoms with Gasteiger partial charge in [0, 0.05) is 23.7 Å². The minimum absolute atomic E-state index is 0.00812. The number of hydrogen-bond donors (Lipinski definition) is 0. The van der Waals surface area contributed by atoms with Crippen molar-refractivity contribution < 1.29 is 22.5 Å². The zero-order chi connectivity index (χ0) is 15.9. The molecule has 2 aromatic rings. The van der Waals surface area contributed by atoms with Gasteiger partial charge in [-0.05, 0) is 30.7 Å². The quantitative estimate of drug-likeness (QED) is 0.855. The van der Waals surface area contributed by atoms with Gasteiger partial charge in [0.15, 0.2) is 0 Å². The van der Waals surface area contributed by atoms with Crippen molar-refractivity contribution in [2.45, 2.75) is 19.5 Å². The Bertz CT molecular complexity index is 694. The van der Waals surface area contributed by atoms with Gasteiger partial charge in [-0.1, -0.05) is 12.1 Å². The molecule has 1 fully saturated rings. The van der Waals surface area contributed by atoms with Gasteiger partial charge in [-0.3, -0.25) is 4.79 Å². The molecule has 5 nitrogen and oxygen atoms in total. The molecular formula is C14H12F3N3O2. The maximum atomic E-state index is 12.4. The number of carbonyl (C=O) groups excluding carboxylic acids is 1. The Hall–Kier alpha value is -2.38. The Morgan fingerprint density at radius 3 is 2.45 bits per heavy atom. The van der Waals surface area contributed by atoms with Gasteiger partial charge < -0.3 is 9.42 Å². The maximum absolute atomic E-state index is 12.4. The van der Waals surface area contributed by atoms with Gasteiger partial charge in [-0.2, -0.15) is 18.2 Å². The van der Waals surface area contributed by atoms with Crippen molar-refractivity contribution in [1.82, 2.24) is 10.1 Å². The molecule has 1 unspecified atom stereocenters. The van der Waals surface area contributed by atoms with Crippen LogP contribution in [0, 0.1) is 5.92 Å². The smallest absolute Gasteiger partial charge is 0.329 e. The standard InChI is InChI=1S/C14H12F3N3O2/c1-8-6-7-20(12(8)21)10-4-2-9(3-5-10)11-18-13(22-19-11)14(15,16)17/h2-5,8H,6-7H2,1H3. The average molecular weight is 311 g/mol. The first-order valence-electron chi connectivity index (χ1n) is 6.69. The summed E-state index contributed by atoms with van der Waals surface area (Å²) in [5, 5.41) is 3.32. The lowest BCUT2D eigenvalue weighted by atomic mass is 10.1. The first-order chi connectivity index (χ1) is 10.4. The van der Waals surface area contributed by atoms with Crippen LogP contribution in [0.2, 0.25) is 0 Å². The Balaban J connectivity index is 1.83. The Morgan fingerprint density at radius 2 is 1.95 bits per heavy atom. The van der Waals surface area contributed by atoms with Gasteiger partial charge in [0.05, 0.1) is 0 Å². The van der Waals surface area contributed by atoms with Crippen molar-refractivity contribution in [3.8, 4) is 11.4 Å². The van der Waals surface area contributed by atoms with Crippen LogP contribution in [0.15, 0.2) is 28.8 Å². The van der Waals surface area contributed by atoms with Crippen molar-refractivity contribution in [3.05, 3.63) is 30.2 Å². The third-order valence-corrected chi connectivity index (χ3v) is 3.58. The highest BCUT2D eigenvalue weighted by atomic mass is 19.4. The Labute approximate surface area is 123 Å². The minimum atomic E-state index is -4.66. The van der Waals surface area contributed by atoms with Crippen molar-refractivity contribution in [1.29, 1.82) is 0 Å². The fraction of sp³-hybridized carbons (Fsp3) is 0.357. The predicted octanol–water partition coefficient (Wildman–Crippen LogP) is 3.13. The van der Waals surface area contributed by atoms with Crippen LogP contribution in [0.4, 0.5) is 18.9 Å². The van der Waals surface area contributed by atoms with Gasteiger partial charge in [0.25, 0.3) is 0 Å². The van der Waals surface area contributed by atoms with Crippen molar-refractivity contribution in [2.75, 3.05) is 11.4 Å². The number of nitrogens with zero attached hydrogens (tertiary/aromatic N) is 3. The van der Waals surface area contributed by atoms with Gasteiger partial charge in [-0.25, -0.2) is 0 Å². The lowest BCUT2D eigenvalue weighted by molar-refractivity contribution is -0.159. The number of anilines is 1. The number of carbonyl (C=O) groups is 1. The highest BCUT2D eigenvalue weighted by molar-refractivity contribution is 5.97. The maximum Gasteiger partial charge on any atom is 0.471 e. The molecule has 0 saturated carbocycles. The first kappa shape index (κ1) is 14.6. The van der Waals surface area contributed by atoms with E-state index >= 15 is 0 Å². The molecule has 1 saturated heterocycles. The topological polar surface area (TPSA) is 59.2 Å². The molecule has 1 aromatic heterocycles. The molecule has 0 bridgehead atoms. The van der Waals surface area contributed by atoms with Gasteiger partial charge in [0.2, 0.25) is 11.7 Å². The molecule has 2 heterocycles. The van der Waals surface area contributed by atoms with Crippen molar-refractivity contribution in [3.63, 3.8) is 0 Å². The highest BCUT2D eigenvalue weighted by Gasteiger charge is 2.38. The van der Waals surface area contributed by atoms with E-state index in [4.69, 9.17) is 0 Å². The fourth-order valence-electron chi connectivity index (χ4n) is 2.33. The second-order valence-corrected chi connectivity index (χ2v) is 5.15. The lowest BCUT2D eigenvalue weighted by Gasteiger charge is -2.16. The number of amides is 1. The molecule has 1 aliphatic heterocycles. The van der Waals surface area contributed by atoms with E-state index in [1.807, 2.05) is 6.92 Å². The molecule has 22 heavy (non-hydrogen) atoms. The Kier molecular flexibility index (Phi) is 3.38. The first-order valence-corrected chi connectivity index (χ1v) is 6.69. The number of hydrogen-bond acceptors (Lipinski definition) is 4. The summed E-state index contributed by atoms with van der Waals surface area (Å²) in [7, 11) is 0. The molecule has 1 atom stereocenters. The summed E-state index contributed by atoms with van der Waals surface area (Å²) in [6.07, 6.45) is -3.87. The van der Waals surface area contributed by atoms with Gasteiger partial charge in [0.1, 0.15) is 0 Å². The molecule has 3 rings (SSSR count). The third-order valence-electron chi connectivity index (χ3n) is 3.58. The number of benzene rings is 1. The zero-order valence-electron chi connectivity index (χ0n) is 11.6. The van der Waals surface area contributed by atoms with Crippen LogP contribution < -0.4 is 4.90 Å². The van der Waals surface area contributed by atoms with Crippen molar-refractivity contribution >= 4 is 11.6 Å². The second-order valence-electron chi connectivity index (χ2n) is 5.15. The second kappa shape index (κ2) is 5.11. The van der Waals surface area contributed by atoms with E-state index in [1.165, 1.54) is 0 Å². The molecule has 1 amide bonds. The number of halogens is 3. The van der Waals surface area contributed by atoms with E-state index in [0.29, 0.717) is 17.8 Å². The van der Waals surface area contributed by atoms with Crippen LogP contribution in [0.5, 0.6) is 0 Å². The summed E-state index contributed by atoms with van der Waals surface area (Å²) in [6.45, 7) is 2.51. The summed E-state index contributed by atoms with van der Waals surface area (Å²) in [5.74, 6) is -1.48. The van der Waals surface area contributed by atoms with Gasteiger partial charge in [-0.15, -0.1) is 0 Å². The zero-order valence-corrected chi connectivity index (χ0v) is 11.6. The van der Waals surface area contributed by atoms with E-state index in [1.54, 1.807) is 29.2 Å². The highest BCUT2D eigenvalue weighted by Crippen LogP contribution is 2.30. The molecule has 116 valence electrons.